The van der Waals surface area contributed by atoms with Gasteiger partial charge in [-0.3, -0.25) is 9.97 Å². The second kappa shape index (κ2) is 12.4. The zero-order chi connectivity index (χ0) is 29.1. The molecule has 3 heterocycles. The smallest absolute Gasteiger partial charge is 0.229 e. The Bertz CT molecular complexity index is 1520. The summed E-state index contributed by atoms with van der Waals surface area (Å²) in [5, 5.41) is 6.92. The van der Waals surface area contributed by atoms with E-state index >= 15 is 0 Å². The lowest BCUT2D eigenvalue weighted by atomic mass is 10.0. The predicted molar refractivity (Wildman–Crippen MR) is 171 cm³/mol. The Hall–Kier alpha value is -3.83. The van der Waals surface area contributed by atoms with Gasteiger partial charge in [0.2, 0.25) is 5.95 Å². The van der Waals surface area contributed by atoms with Crippen LogP contribution >= 0.6 is 11.9 Å². The molecule has 11 heteroatoms. The number of aryl methyl sites for hydroxylation is 2. The standard InChI is InChI=1S/C30H39N9OS/c1-19-16-24(26(40-6)17-25(19)39-14-10-21(11-15-39)37(3)4)35-30-33-18-20(2)29(36-30)34-23-9-8-22-27(32-13-12-31-22)28(23)38(5)41-7/h8-9,12-13,16-18,21H,10-11,14-15H2,1-7H3,(H2,33,34,35,36). The molecule has 1 fully saturated rings. The van der Waals surface area contributed by atoms with Crippen LogP contribution in [0.4, 0.5) is 34.5 Å². The van der Waals surface area contributed by atoms with Gasteiger partial charge in [0.25, 0.3) is 0 Å². The second-order valence-electron chi connectivity index (χ2n) is 10.6. The van der Waals surface area contributed by atoms with Crippen LogP contribution in [0.15, 0.2) is 42.9 Å². The molecule has 41 heavy (non-hydrogen) atoms. The summed E-state index contributed by atoms with van der Waals surface area (Å²) in [6.45, 7) is 6.20. The monoisotopic (exact) mass is 573 g/mol. The summed E-state index contributed by atoms with van der Waals surface area (Å²) in [5.74, 6) is 1.95. The summed E-state index contributed by atoms with van der Waals surface area (Å²) < 4.78 is 7.90. The average Bonchev–Trinajstić information content (AvgIpc) is 2.98. The van der Waals surface area contributed by atoms with Crippen LogP contribution in [-0.2, 0) is 0 Å². The van der Waals surface area contributed by atoms with Crippen molar-refractivity contribution in [3.8, 4) is 5.75 Å². The fourth-order valence-corrected chi connectivity index (χ4v) is 5.68. The molecule has 0 bridgehead atoms. The van der Waals surface area contributed by atoms with Crippen molar-refractivity contribution in [2.24, 2.45) is 0 Å². The Morgan fingerprint density at radius 2 is 1.71 bits per heavy atom. The van der Waals surface area contributed by atoms with Gasteiger partial charge in [-0.05, 0) is 64.5 Å². The molecule has 0 unspecified atom stereocenters. The molecule has 0 atom stereocenters. The number of piperidine rings is 1. The third kappa shape index (κ3) is 6.11. The van der Waals surface area contributed by atoms with Crippen LogP contribution in [0.5, 0.6) is 5.75 Å². The fraction of sp³-hybridized carbons (Fsp3) is 0.400. The summed E-state index contributed by atoms with van der Waals surface area (Å²) in [6.07, 6.45) is 9.58. The van der Waals surface area contributed by atoms with Crippen molar-refractivity contribution in [1.82, 2.24) is 24.8 Å². The molecule has 1 saturated heterocycles. The minimum absolute atomic E-state index is 0.482. The number of ether oxygens (including phenoxy) is 1. The van der Waals surface area contributed by atoms with Gasteiger partial charge in [0.05, 0.1) is 29.7 Å². The molecule has 0 spiro atoms. The van der Waals surface area contributed by atoms with E-state index in [0.29, 0.717) is 17.8 Å². The first-order chi connectivity index (χ1) is 19.8. The first kappa shape index (κ1) is 28.7. The lowest BCUT2D eigenvalue weighted by Crippen LogP contribution is -2.42. The summed E-state index contributed by atoms with van der Waals surface area (Å²) >= 11 is 1.61. The quantitative estimate of drug-likeness (QED) is 0.239. The first-order valence-corrected chi connectivity index (χ1v) is 15.0. The number of hydrogen-bond acceptors (Lipinski definition) is 11. The van der Waals surface area contributed by atoms with Gasteiger partial charge in [-0.25, -0.2) is 4.98 Å². The maximum atomic E-state index is 5.82. The number of nitrogens with one attached hydrogen (secondary N) is 2. The van der Waals surface area contributed by atoms with Crippen LogP contribution < -0.4 is 24.6 Å². The molecule has 0 radical (unpaired) electrons. The van der Waals surface area contributed by atoms with Gasteiger partial charge >= 0.3 is 0 Å². The number of aromatic nitrogens is 4. The number of rotatable bonds is 9. The van der Waals surface area contributed by atoms with E-state index in [-0.39, 0.29) is 0 Å². The highest BCUT2D eigenvalue weighted by atomic mass is 32.2. The predicted octanol–water partition coefficient (Wildman–Crippen LogP) is 5.78. The Kier molecular flexibility index (Phi) is 8.65. The van der Waals surface area contributed by atoms with Crippen LogP contribution in [0.2, 0.25) is 0 Å². The third-order valence-corrected chi connectivity index (χ3v) is 8.46. The van der Waals surface area contributed by atoms with Crippen LogP contribution in [0.3, 0.4) is 0 Å². The molecule has 2 aromatic heterocycles. The minimum Gasteiger partial charge on any atom is -0.494 e. The molecule has 216 valence electrons. The van der Waals surface area contributed by atoms with Crippen molar-refractivity contribution in [3.63, 3.8) is 0 Å². The summed E-state index contributed by atoms with van der Waals surface area (Å²) in [6, 6.07) is 8.87. The van der Waals surface area contributed by atoms with Gasteiger partial charge in [-0.2, -0.15) is 4.98 Å². The minimum atomic E-state index is 0.482. The topological polar surface area (TPSA) is 94.6 Å². The van der Waals surface area contributed by atoms with Crippen molar-refractivity contribution >= 4 is 57.5 Å². The molecule has 0 amide bonds. The van der Waals surface area contributed by atoms with E-state index in [9.17, 15) is 0 Å². The molecule has 10 nitrogen and oxygen atoms in total. The highest BCUT2D eigenvalue weighted by molar-refractivity contribution is 7.99. The van der Waals surface area contributed by atoms with E-state index in [4.69, 9.17) is 9.72 Å². The Morgan fingerprint density at radius 3 is 2.41 bits per heavy atom. The average molecular weight is 574 g/mol. The molecule has 4 aromatic rings. The lowest BCUT2D eigenvalue weighted by molar-refractivity contribution is 0.249. The Morgan fingerprint density at radius 1 is 0.951 bits per heavy atom. The molecule has 2 N–H and O–H groups in total. The third-order valence-electron chi connectivity index (χ3n) is 7.73. The normalized spacial score (nSPS) is 14.0. The summed E-state index contributed by atoms with van der Waals surface area (Å²) in [4.78, 5) is 23.3. The van der Waals surface area contributed by atoms with Crippen LogP contribution in [0, 0.1) is 13.8 Å². The number of methoxy groups -OCH3 is 1. The van der Waals surface area contributed by atoms with E-state index in [0.717, 1.165) is 65.3 Å². The highest BCUT2D eigenvalue weighted by Crippen LogP contribution is 2.38. The largest absolute Gasteiger partial charge is 0.494 e. The Balaban J connectivity index is 1.41. The number of benzene rings is 2. The van der Waals surface area contributed by atoms with E-state index in [2.05, 4.69) is 72.8 Å². The zero-order valence-corrected chi connectivity index (χ0v) is 25.7. The van der Waals surface area contributed by atoms with Gasteiger partial charge < -0.3 is 29.5 Å². The highest BCUT2D eigenvalue weighted by Gasteiger charge is 2.23. The van der Waals surface area contributed by atoms with Crippen molar-refractivity contribution in [2.45, 2.75) is 32.7 Å². The molecule has 0 saturated carbocycles. The van der Waals surface area contributed by atoms with E-state index in [1.165, 1.54) is 11.3 Å². The molecule has 5 rings (SSSR count). The van der Waals surface area contributed by atoms with E-state index in [1.54, 1.807) is 31.5 Å². The molecule has 1 aliphatic rings. The maximum absolute atomic E-state index is 5.82. The number of anilines is 6. The molecular formula is C30H39N9OS. The maximum Gasteiger partial charge on any atom is 0.229 e. The van der Waals surface area contributed by atoms with Crippen LogP contribution in [0.1, 0.15) is 24.0 Å². The van der Waals surface area contributed by atoms with Gasteiger partial charge in [-0.15, -0.1) is 0 Å². The first-order valence-electron chi connectivity index (χ1n) is 13.8. The Labute approximate surface area is 246 Å². The van der Waals surface area contributed by atoms with Gasteiger partial charge in [0.15, 0.2) is 0 Å². The summed E-state index contributed by atoms with van der Waals surface area (Å²) in [5.41, 5.74) is 7.64. The van der Waals surface area contributed by atoms with Crippen molar-refractivity contribution in [3.05, 3.63) is 54.0 Å². The number of nitrogens with zero attached hydrogens (tertiary/aromatic N) is 7. The summed E-state index contributed by atoms with van der Waals surface area (Å²) in [7, 11) is 8.05. The van der Waals surface area contributed by atoms with Gasteiger partial charge in [0, 0.05) is 68.3 Å². The van der Waals surface area contributed by atoms with Gasteiger partial charge in [-0.1, -0.05) is 11.9 Å². The van der Waals surface area contributed by atoms with Crippen LogP contribution in [-0.4, -0.2) is 78.5 Å². The van der Waals surface area contributed by atoms with Crippen molar-refractivity contribution in [1.29, 1.82) is 0 Å². The number of hydrogen-bond donors (Lipinski definition) is 2. The second-order valence-corrected chi connectivity index (χ2v) is 11.5. The van der Waals surface area contributed by atoms with Crippen molar-refractivity contribution < 1.29 is 4.74 Å². The van der Waals surface area contributed by atoms with Gasteiger partial charge in [0.1, 0.15) is 17.1 Å². The molecular weight excluding hydrogens is 534 g/mol. The fourth-order valence-electron chi connectivity index (χ4n) is 5.32. The van der Waals surface area contributed by atoms with E-state index < -0.39 is 0 Å². The lowest BCUT2D eigenvalue weighted by Gasteiger charge is -2.37. The molecule has 0 aliphatic carbocycles. The zero-order valence-electron chi connectivity index (χ0n) is 24.9. The van der Waals surface area contributed by atoms with Crippen LogP contribution in [0.25, 0.3) is 11.0 Å². The molecule has 1 aliphatic heterocycles. The van der Waals surface area contributed by atoms with E-state index in [1.807, 2.05) is 38.6 Å². The number of fused-ring (bicyclic) bond motifs is 1. The SMILES string of the molecule is COc1cc(N2CCC(N(C)C)CC2)c(C)cc1Nc1ncc(C)c(Nc2ccc3nccnc3c2N(C)SC)n1. The molecule has 2 aromatic carbocycles. The van der Waals surface area contributed by atoms with Crippen molar-refractivity contribution in [2.75, 3.05) is 67.4 Å².